The number of alkyl halides is 3. The van der Waals surface area contributed by atoms with Crippen molar-refractivity contribution in [2.75, 3.05) is 0 Å². The molecule has 1 saturated carbocycles. The summed E-state index contributed by atoms with van der Waals surface area (Å²) in [5, 5.41) is 0. The van der Waals surface area contributed by atoms with E-state index in [0.29, 0.717) is 6.07 Å². The van der Waals surface area contributed by atoms with Crippen LogP contribution in [0.1, 0.15) is 50.8 Å². The van der Waals surface area contributed by atoms with Gasteiger partial charge in [0.15, 0.2) is 0 Å². The third kappa shape index (κ3) is 4.07. The molecular weight excluding hydrogens is 318 g/mol. The molecule has 0 aromatic heterocycles. The summed E-state index contributed by atoms with van der Waals surface area (Å²) in [6, 6.07) is 2.00. The highest BCUT2D eigenvalue weighted by Crippen LogP contribution is 2.43. The van der Waals surface area contributed by atoms with Crippen molar-refractivity contribution in [1.82, 2.24) is 4.72 Å². The lowest BCUT2D eigenvalue weighted by Crippen LogP contribution is -2.36. The quantitative estimate of drug-likeness (QED) is 0.813. The van der Waals surface area contributed by atoms with E-state index >= 15 is 0 Å². The maximum absolute atomic E-state index is 14.1. The number of hydrogen-bond donors (Lipinski definition) is 1. The second-order valence-electron chi connectivity index (χ2n) is 6.55. The van der Waals surface area contributed by atoms with E-state index in [0.717, 1.165) is 25.0 Å². The van der Waals surface area contributed by atoms with Gasteiger partial charge in [-0.25, -0.2) is 13.3 Å². The van der Waals surface area contributed by atoms with Gasteiger partial charge in [0.05, 0.1) is 27.3 Å². The SMILES string of the molecule is CC(C)(C)S(=O)N[C@@H](c1ccc(C(F)(F)F)cc1F)C1CC1. The Morgan fingerprint density at radius 1 is 1.23 bits per heavy atom. The van der Waals surface area contributed by atoms with Gasteiger partial charge in [0.25, 0.3) is 0 Å². The fourth-order valence-electron chi connectivity index (χ4n) is 2.09. The zero-order valence-electron chi connectivity index (χ0n) is 12.6. The van der Waals surface area contributed by atoms with Gasteiger partial charge in [-0.05, 0) is 51.7 Å². The maximum atomic E-state index is 14.1. The summed E-state index contributed by atoms with van der Waals surface area (Å²) in [4.78, 5) is 0. The molecular formula is C15H19F4NOS. The molecule has 0 spiro atoms. The largest absolute Gasteiger partial charge is 0.416 e. The standard InChI is InChI=1S/C15H19F4NOS/c1-14(2,3)22(21)20-13(9-4-5-9)11-7-6-10(8-12(11)16)15(17,18)19/h6-9,13,20H,4-5H2,1-3H3/t13-,22?/m1/s1. The molecule has 0 bridgehead atoms. The maximum Gasteiger partial charge on any atom is 0.416 e. The van der Waals surface area contributed by atoms with Gasteiger partial charge in [0.1, 0.15) is 5.82 Å². The summed E-state index contributed by atoms with van der Waals surface area (Å²) >= 11 is 0. The van der Waals surface area contributed by atoms with Crippen molar-refractivity contribution < 1.29 is 21.8 Å². The molecule has 1 aliphatic rings. The summed E-state index contributed by atoms with van der Waals surface area (Å²) in [7, 11) is -1.42. The summed E-state index contributed by atoms with van der Waals surface area (Å²) in [6.45, 7) is 5.34. The molecule has 2 atom stereocenters. The van der Waals surface area contributed by atoms with Crippen LogP contribution in [0.5, 0.6) is 0 Å². The van der Waals surface area contributed by atoms with Crippen molar-refractivity contribution in [3.63, 3.8) is 0 Å². The van der Waals surface area contributed by atoms with Gasteiger partial charge >= 0.3 is 6.18 Å². The Morgan fingerprint density at radius 3 is 2.23 bits per heavy atom. The van der Waals surface area contributed by atoms with Crippen LogP contribution in [0.2, 0.25) is 0 Å². The van der Waals surface area contributed by atoms with E-state index < -0.39 is 39.3 Å². The Balaban J connectivity index is 2.28. The van der Waals surface area contributed by atoms with Crippen LogP contribution in [0.25, 0.3) is 0 Å². The van der Waals surface area contributed by atoms with Crippen LogP contribution in [-0.4, -0.2) is 8.96 Å². The smallest absolute Gasteiger partial charge is 0.242 e. The molecule has 0 heterocycles. The molecule has 2 nitrogen and oxygen atoms in total. The fraction of sp³-hybridized carbons (Fsp3) is 0.600. The van der Waals surface area contributed by atoms with E-state index in [1.165, 1.54) is 0 Å². The molecule has 0 amide bonds. The lowest BCUT2D eigenvalue weighted by Gasteiger charge is -2.25. The third-order valence-electron chi connectivity index (χ3n) is 3.55. The molecule has 1 aliphatic carbocycles. The molecule has 1 unspecified atom stereocenters. The molecule has 0 radical (unpaired) electrons. The highest BCUT2D eigenvalue weighted by molar-refractivity contribution is 7.84. The van der Waals surface area contributed by atoms with E-state index in [-0.39, 0.29) is 11.5 Å². The van der Waals surface area contributed by atoms with Gasteiger partial charge in [-0.15, -0.1) is 0 Å². The van der Waals surface area contributed by atoms with Crippen molar-refractivity contribution in [2.45, 2.75) is 50.6 Å². The van der Waals surface area contributed by atoms with E-state index in [4.69, 9.17) is 0 Å². The Kier molecular flexibility index (Phi) is 4.69. The Hall–Kier alpha value is -0.950. The number of rotatable bonds is 4. The van der Waals surface area contributed by atoms with Crippen LogP contribution in [0.15, 0.2) is 18.2 Å². The zero-order valence-corrected chi connectivity index (χ0v) is 13.4. The second-order valence-corrected chi connectivity index (χ2v) is 8.55. The number of nitrogens with one attached hydrogen (secondary N) is 1. The average Bonchev–Trinajstić information content (AvgIpc) is 3.17. The number of hydrogen-bond acceptors (Lipinski definition) is 1. The monoisotopic (exact) mass is 337 g/mol. The Morgan fingerprint density at radius 2 is 1.82 bits per heavy atom. The predicted molar refractivity (Wildman–Crippen MR) is 77.9 cm³/mol. The topological polar surface area (TPSA) is 29.1 Å². The minimum atomic E-state index is -4.57. The van der Waals surface area contributed by atoms with Crippen LogP contribution in [-0.2, 0) is 17.2 Å². The summed E-state index contributed by atoms with van der Waals surface area (Å²) < 4.78 is 66.5. The van der Waals surface area contributed by atoms with Crippen LogP contribution in [0, 0.1) is 11.7 Å². The van der Waals surface area contributed by atoms with E-state index in [9.17, 15) is 21.8 Å². The molecule has 0 aliphatic heterocycles. The van der Waals surface area contributed by atoms with E-state index in [1.54, 1.807) is 20.8 Å². The van der Waals surface area contributed by atoms with Crippen molar-refractivity contribution in [3.05, 3.63) is 35.1 Å². The van der Waals surface area contributed by atoms with Gasteiger partial charge in [0.2, 0.25) is 0 Å². The van der Waals surface area contributed by atoms with Gasteiger partial charge in [-0.3, -0.25) is 0 Å². The van der Waals surface area contributed by atoms with Crippen LogP contribution < -0.4 is 4.72 Å². The lowest BCUT2D eigenvalue weighted by molar-refractivity contribution is -0.137. The van der Waals surface area contributed by atoms with Crippen molar-refractivity contribution in [1.29, 1.82) is 0 Å². The molecule has 1 fully saturated rings. The first kappa shape index (κ1) is 17.4. The van der Waals surface area contributed by atoms with Gasteiger partial charge in [-0.2, -0.15) is 13.2 Å². The van der Waals surface area contributed by atoms with Gasteiger partial charge < -0.3 is 0 Å². The van der Waals surface area contributed by atoms with Crippen LogP contribution in [0.4, 0.5) is 17.6 Å². The molecule has 1 aromatic rings. The molecule has 1 N–H and O–H groups in total. The first-order valence-electron chi connectivity index (χ1n) is 7.05. The minimum absolute atomic E-state index is 0.109. The number of benzene rings is 1. The second kappa shape index (κ2) is 5.92. The van der Waals surface area contributed by atoms with Crippen LogP contribution in [0.3, 0.4) is 0 Å². The van der Waals surface area contributed by atoms with Crippen molar-refractivity contribution in [3.8, 4) is 0 Å². The predicted octanol–water partition coefficient (Wildman–Crippen LogP) is 4.35. The molecule has 124 valence electrons. The summed E-state index contributed by atoms with van der Waals surface area (Å²) in [6.07, 6.45) is -2.88. The minimum Gasteiger partial charge on any atom is -0.242 e. The van der Waals surface area contributed by atoms with Crippen molar-refractivity contribution in [2.24, 2.45) is 5.92 Å². The Labute approximate surface area is 129 Å². The van der Waals surface area contributed by atoms with E-state index in [1.807, 2.05) is 0 Å². The molecule has 0 saturated heterocycles. The van der Waals surface area contributed by atoms with Gasteiger partial charge in [0, 0.05) is 5.56 Å². The normalized spacial score (nSPS) is 19.0. The molecule has 7 heteroatoms. The molecule has 2 rings (SSSR count). The average molecular weight is 337 g/mol. The molecule has 1 aromatic carbocycles. The fourth-order valence-corrected chi connectivity index (χ4v) is 2.99. The first-order chi connectivity index (χ1) is 10.00. The zero-order chi connectivity index (χ0) is 16.7. The molecule has 22 heavy (non-hydrogen) atoms. The van der Waals surface area contributed by atoms with Crippen LogP contribution >= 0.6 is 0 Å². The van der Waals surface area contributed by atoms with E-state index in [2.05, 4.69) is 4.72 Å². The first-order valence-corrected chi connectivity index (χ1v) is 8.20. The summed E-state index contributed by atoms with van der Waals surface area (Å²) in [5.74, 6) is -0.803. The summed E-state index contributed by atoms with van der Waals surface area (Å²) in [5.41, 5.74) is -0.867. The highest BCUT2D eigenvalue weighted by atomic mass is 32.2. The van der Waals surface area contributed by atoms with Crippen molar-refractivity contribution >= 4 is 11.0 Å². The Bertz CT molecular complexity index is 576. The number of halogens is 4. The highest BCUT2D eigenvalue weighted by Gasteiger charge is 2.38. The van der Waals surface area contributed by atoms with Gasteiger partial charge in [-0.1, -0.05) is 6.07 Å². The third-order valence-corrected chi connectivity index (χ3v) is 5.13. The lowest BCUT2D eigenvalue weighted by atomic mass is 10.0.